The second-order valence-electron chi connectivity index (χ2n) is 5.04. The summed E-state index contributed by atoms with van der Waals surface area (Å²) >= 11 is 0. The summed E-state index contributed by atoms with van der Waals surface area (Å²) in [4.78, 5) is 9.24. The highest BCUT2D eigenvalue weighted by Crippen LogP contribution is 2.35. The maximum Gasteiger partial charge on any atom is 0.282 e. The molecule has 0 radical (unpaired) electrons. The molecule has 1 aliphatic heterocycles. The average molecular weight is 259 g/mol. The Morgan fingerprint density at radius 1 is 1.53 bits per heavy atom. The summed E-state index contributed by atoms with van der Waals surface area (Å²) in [6.07, 6.45) is 4.55. The first kappa shape index (κ1) is 12.0. The number of hydrogen-bond donors (Lipinski definition) is 1. The SMILES string of the molecule is CO/N=C/c1cccc2c1CCC1(COC(N)=N1)C2. The number of oxime groups is 1. The Balaban J connectivity index is 1.92. The van der Waals surface area contributed by atoms with E-state index in [2.05, 4.69) is 22.3 Å². The van der Waals surface area contributed by atoms with Crippen molar-refractivity contribution >= 4 is 12.2 Å². The molecule has 0 amide bonds. The van der Waals surface area contributed by atoms with E-state index in [-0.39, 0.29) is 5.54 Å². The van der Waals surface area contributed by atoms with E-state index in [1.807, 2.05) is 6.07 Å². The van der Waals surface area contributed by atoms with Crippen molar-refractivity contribution in [2.45, 2.75) is 24.8 Å². The highest BCUT2D eigenvalue weighted by Gasteiger charge is 2.39. The first-order valence-corrected chi connectivity index (χ1v) is 6.38. The van der Waals surface area contributed by atoms with E-state index < -0.39 is 0 Å². The van der Waals surface area contributed by atoms with Crippen LogP contribution in [0.25, 0.3) is 0 Å². The zero-order valence-electron chi connectivity index (χ0n) is 10.9. The molecule has 1 heterocycles. The third kappa shape index (κ3) is 2.16. The van der Waals surface area contributed by atoms with E-state index in [0.717, 1.165) is 24.8 Å². The molecule has 2 N–H and O–H groups in total. The fraction of sp³-hybridized carbons (Fsp3) is 0.429. The van der Waals surface area contributed by atoms with Crippen molar-refractivity contribution in [2.24, 2.45) is 15.9 Å². The predicted molar refractivity (Wildman–Crippen MR) is 73.4 cm³/mol. The third-order valence-electron chi connectivity index (χ3n) is 3.80. The second-order valence-corrected chi connectivity index (χ2v) is 5.04. The van der Waals surface area contributed by atoms with E-state index in [0.29, 0.717) is 12.6 Å². The highest BCUT2D eigenvalue weighted by molar-refractivity contribution is 5.82. The Labute approximate surface area is 112 Å². The Bertz CT molecular complexity index is 554. The number of aliphatic imine (C=N–C) groups is 1. The predicted octanol–water partition coefficient (Wildman–Crippen LogP) is 1.24. The molecule has 0 fully saturated rings. The molecule has 1 atom stereocenters. The van der Waals surface area contributed by atoms with Crippen molar-refractivity contribution in [3.05, 3.63) is 34.9 Å². The van der Waals surface area contributed by atoms with E-state index >= 15 is 0 Å². The highest BCUT2D eigenvalue weighted by atomic mass is 16.6. The van der Waals surface area contributed by atoms with Gasteiger partial charge in [0, 0.05) is 6.42 Å². The monoisotopic (exact) mass is 259 g/mol. The second kappa shape index (κ2) is 4.57. The first-order chi connectivity index (χ1) is 9.22. The molecule has 19 heavy (non-hydrogen) atoms. The summed E-state index contributed by atoms with van der Waals surface area (Å²) in [7, 11) is 1.55. The minimum Gasteiger partial charge on any atom is -0.463 e. The minimum atomic E-state index is -0.159. The van der Waals surface area contributed by atoms with Crippen LogP contribution in [0.15, 0.2) is 28.3 Å². The first-order valence-electron chi connectivity index (χ1n) is 6.38. The minimum absolute atomic E-state index is 0.159. The lowest BCUT2D eigenvalue weighted by Gasteiger charge is -2.31. The van der Waals surface area contributed by atoms with Crippen molar-refractivity contribution in [3.8, 4) is 0 Å². The normalized spacial score (nSPS) is 25.2. The Kier molecular flexibility index (Phi) is 2.89. The van der Waals surface area contributed by atoms with Crippen molar-refractivity contribution in [3.63, 3.8) is 0 Å². The fourth-order valence-electron chi connectivity index (χ4n) is 2.88. The molecule has 1 aliphatic carbocycles. The zero-order chi connectivity index (χ0) is 13.3. The van der Waals surface area contributed by atoms with Gasteiger partial charge in [-0.25, -0.2) is 4.99 Å². The van der Waals surface area contributed by atoms with Crippen LogP contribution in [0.5, 0.6) is 0 Å². The van der Waals surface area contributed by atoms with Crippen LogP contribution in [0.4, 0.5) is 0 Å². The Morgan fingerprint density at radius 2 is 2.42 bits per heavy atom. The lowest BCUT2D eigenvalue weighted by molar-refractivity contribution is 0.215. The maximum atomic E-state index is 5.65. The number of hydrogen-bond acceptors (Lipinski definition) is 5. The van der Waals surface area contributed by atoms with Gasteiger partial charge in [0.2, 0.25) is 0 Å². The molecule has 1 unspecified atom stereocenters. The molecule has 1 spiro atoms. The quantitative estimate of drug-likeness (QED) is 0.641. The van der Waals surface area contributed by atoms with Gasteiger partial charge in [-0.3, -0.25) is 0 Å². The summed E-state index contributed by atoms with van der Waals surface area (Å²) in [6.45, 7) is 0.592. The van der Waals surface area contributed by atoms with E-state index in [4.69, 9.17) is 15.3 Å². The van der Waals surface area contributed by atoms with Crippen molar-refractivity contribution in [1.29, 1.82) is 0 Å². The lowest BCUT2D eigenvalue weighted by Crippen LogP contribution is -2.35. The van der Waals surface area contributed by atoms with Gasteiger partial charge in [-0.15, -0.1) is 0 Å². The number of amidine groups is 1. The van der Waals surface area contributed by atoms with Crippen LogP contribution in [0, 0.1) is 0 Å². The summed E-state index contributed by atoms with van der Waals surface area (Å²) in [5, 5.41) is 3.85. The number of fused-ring (bicyclic) bond motifs is 1. The van der Waals surface area contributed by atoms with Gasteiger partial charge in [0.15, 0.2) is 0 Å². The molecule has 0 bridgehead atoms. The molecule has 0 saturated heterocycles. The topological polar surface area (TPSA) is 69.2 Å². The number of ether oxygens (including phenoxy) is 1. The van der Waals surface area contributed by atoms with Gasteiger partial charge in [-0.2, -0.15) is 0 Å². The van der Waals surface area contributed by atoms with Crippen molar-refractivity contribution in [2.75, 3.05) is 13.7 Å². The molecule has 100 valence electrons. The standard InChI is InChI=1S/C14H17N3O2/c1-18-16-8-11-4-2-3-10-7-14(6-5-12(10)11)9-19-13(15)17-14/h2-4,8H,5-7,9H2,1H3,(H2,15,17)/b16-8+. The molecular weight excluding hydrogens is 242 g/mol. The Morgan fingerprint density at radius 3 is 3.16 bits per heavy atom. The van der Waals surface area contributed by atoms with Gasteiger partial charge in [0.05, 0.1) is 6.21 Å². The average Bonchev–Trinajstić information content (AvgIpc) is 2.77. The van der Waals surface area contributed by atoms with Crippen LogP contribution in [-0.2, 0) is 22.4 Å². The smallest absolute Gasteiger partial charge is 0.282 e. The molecular formula is C14H17N3O2. The molecule has 0 saturated carbocycles. The molecule has 3 rings (SSSR count). The van der Waals surface area contributed by atoms with Gasteiger partial charge in [0.25, 0.3) is 6.02 Å². The zero-order valence-corrected chi connectivity index (χ0v) is 10.9. The van der Waals surface area contributed by atoms with E-state index in [9.17, 15) is 0 Å². The van der Waals surface area contributed by atoms with Gasteiger partial charge < -0.3 is 15.3 Å². The number of nitrogens with two attached hydrogens (primary N) is 1. The summed E-state index contributed by atoms with van der Waals surface area (Å²) in [5.41, 5.74) is 9.23. The van der Waals surface area contributed by atoms with Gasteiger partial charge in [-0.1, -0.05) is 23.4 Å². The molecule has 5 heteroatoms. The molecule has 1 aromatic rings. The largest absolute Gasteiger partial charge is 0.463 e. The van der Waals surface area contributed by atoms with Gasteiger partial charge in [-0.05, 0) is 29.5 Å². The van der Waals surface area contributed by atoms with Crippen LogP contribution >= 0.6 is 0 Å². The van der Waals surface area contributed by atoms with Gasteiger partial charge in [0.1, 0.15) is 19.3 Å². The molecule has 2 aliphatic rings. The van der Waals surface area contributed by atoms with Crippen LogP contribution in [-0.4, -0.2) is 31.5 Å². The molecule has 5 nitrogen and oxygen atoms in total. The molecule has 1 aromatic carbocycles. The van der Waals surface area contributed by atoms with E-state index in [1.54, 1.807) is 13.3 Å². The Hall–Kier alpha value is -2.04. The number of benzene rings is 1. The fourth-order valence-corrected chi connectivity index (χ4v) is 2.88. The van der Waals surface area contributed by atoms with Crippen LogP contribution in [0.1, 0.15) is 23.1 Å². The van der Waals surface area contributed by atoms with Crippen LogP contribution in [0.3, 0.4) is 0 Å². The number of nitrogens with zero attached hydrogens (tertiary/aromatic N) is 2. The summed E-state index contributed by atoms with van der Waals surface area (Å²) < 4.78 is 5.34. The third-order valence-corrected chi connectivity index (χ3v) is 3.80. The van der Waals surface area contributed by atoms with Crippen molar-refractivity contribution < 1.29 is 9.57 Å². The van der Waals surface area contributed by atoms with Crippen molar-refractivity contribution in [1.82, 2.24) is 0 Å². The lowest BCUT2D eigenvalue weighted by atomic mass is 9.77. The number of rotatable bonds is 2. The van der Waals surface area contributed by atoms with Crippen LogP contribution < -0.4 is 5.73 Å². The van der Waals surface area contributed by atoms with E-state index in [1.165, 1.54) is 11.1 Å². The van der Waals surface area contributed by atoms with Gasteiger partial charge >= 0.3 is 0 Å². The van der Waals surface area contributed by atoms with Crippen LogP contribution in [0.2, 0.25) is 0 Å². The summed E-state index contributed by atoms with van der Waals surface area (Å²) in [5.74, 6) is 0. The maximum absolute atomic E-state index is 5.65. The molecule has 0 aromatic heterocycles. The summed E-state index contributed by atoms with van der Waals surface area (Å²) in [6, 6.07) is 6.56.